The zero-order valence-corrected chi connectivity index (χ0v) is 14.5. The number of sulfonamides is 1. The van der Waals surface area contributed by atoms with E-state index in [4.69, 9.17) is 4.74 Å². The Balaban J connectivity index is 1.72. The van der Waals surface area contributed by atoms with Gasteiger partial charge in [0.05, 0.1) is 12.0 Å². The van der Waals surface area contributed by atoms with Gasteiger partial charge in [0, 0.05) is 37.9 Å². The second-order valence-electron chi connectivity index (χ2n) is 5.69. The second kappa shape index (κ2) is 6.97. The smallest absolute Gasteiger partial charge is 0.243 e. The van der Waals surface area contributed by atoms with Crippen LogP contribution in [0.2, 0.25) is 0 Å². The zero-order valence-electron chi connectivity index (χ0n) is 13.7. The number of ether oxygens (including phenoxy) is 1. The summed E-state index contributed by atoms with van der Waals surface area (Å²) in [6.07, 6.45) is 0. The fourth-order valence-corrected chi connectivity index (χ4v) is 4.27. The third kappa shape index (κ3) is 3.74. The molecule has 0 saturated carbocycles. The summed E-state index contributed by atoms with van der Waals surface area (Å²) in [7, 11) is -2.33. The minimum Gasteiger partial charge on any atom is -0.497 e. The monoisotopic (exact) mass is 368 g/mol. The molecule has 0 N–H and O–H groups in total. The zero-order chi connectivity index (χ0) is 18.0. The second-order valence-corrected chi connectivity index (χ2v) is 7.63. The van der Waals surface area contributed by atoms with E-state index in [0.717, 1.165) is 23.6 Å². The molecule has 0 atom stereocenters. The van der Waals surface area contributed by atoms with E-state index in [1.807, 2.05) is 24.3 Å². The highest BCUT2D eigenvalue weighted by molar-refractivity contribution is 7.89. The Morgan fingerprint density at radius 2 is 1.48 bits per heavy atom. The fraction of sp³-hybridized carbons (Fsp3) is 0.294. The van der Waals surface area contributed by atoms with Crippen LogP contribution in [0.4, 0.5) is 14.5 Å². The summed E-state index contributed by atoms with van der Waals surface area (Å²) in [5.41, 5.74) is 0.967. The fourth-order valence-electron chi connectivity index (χ4n) is 2.81. The van der Waals surface area contributed by atoms with Crippen LogP contribution < -0.4 is 9.64 Å². The Morgan fingerprint density at radius 1 is 0.920 bits per heavy atom. The number of nitrogens with zero attached hydrogens (tertiary/aromatic N) is 2. The SMILES string of the molecule is COc1ccc(N2CCN(S(=O)(=O)c3cc(F)cc(F)c3)CC2)cc1. The van der Waals surface area contributed by atoms with Gasteiger partial charge in [-0.3, -0.25) is 0 Å². The molecule has 1 fully saturated rings. The number of benzene rings is 2. The lowest BCUT2D eigenvalue weighted by Gasteiger charge is -2.35. The minimum atomic E-state index is -3.92. The normalized spacial score (nSPS) is 16.0. The van der Waals surface area contributed by atoms with Gasteiger partial charge in [-0.15, -0.1) is 0 Å². The Morgan fingerprint density at radius 3 is 2.00 bits per heavy atom. The number of rotatable bonds is 4. The Bertz CT molecular complexity index is 828. The first-order valence-electron chi connectivity index (χ1n) is 7.75. The van der Waals surface area contributed by atoms with Crippen LogP contribution in [-0.4, -0.2) is 46.0 Å². The van der Waals surface area contributed by atoms with Crippen molar-refractivity contribution in [1.82, 2.24) is 4.31 Å². The summed E-state index contributed by atoms with van der Waals surface area (Å²) in [6, 6.07) is 9.83. The van der Waals surface area contributed by atoms with Crippen molar-refractivity contribution in [2.24, 2.45) is 0 Å². The standard InChI is InChI=1S/C17H18F2N2O3S/c1-24-16-4-2-15(3-5-16)20-6-8-21(9-7-20)25(22,23)17-11-13(18)10-14(19)12-17/h2-5,10-12H,6-9H2,1H3. The molecule has 1 aliphatic rings. The predicted octanol–water partition coefficient (Wildman–Crippen LogP) is 2.48. The summed E-state index contributed by atoms with van der Waals surface area (Å²) in [5.74, 6) is -1.07. The minimum absolute atomic E-state index is 0.243. The molecule has 0 radical (unpaired) electrons. The Kier molecular flexibility index (Phi) is 4.91. The van der Waals surface area contributed by atoms with Crippen LogP contribution in [0.5, 0.6) is 5.75 Å². The molecule has 1 heterocycles. The molecular weight excluding hydrogens is 350 g/mol. The van der Waals surface area contributed by atoms with Crippen LogP contribution in [-0.2, 0) is 10.0 Å². The quantitative estimate of drug-likeness (QED) is 0.832. The van der Waals surface area contributed by atoms with Crippen molar-refractivity contribution < 1.29 is 21.9 Å². The van der Waals surface area contributed by atoms with E-state index in [1.165, 1.54) is 4.31 Å². The molecule has 1 saturated heterocycles. The molecule has 5 nitrogen and oxygen atoms in total. The van der Waals surface area contributed by atoms with Crippen LogP contribution in [0.15, 0.2) is 47.4 Å². The van der Waals surface area contributed by atoms with Crippen molar-refractivity contribution in [2.75, 3.05) is 38.2 Å². The number of hydrogen-bond acceptors (Lipinski definition) is 4. The van der Waals surface area contributed by atoms with Gasteiger partial charge in [-0.05, 0) is 36.4 Å². The van der Waals surface area contributed by atoms with Gasteiger partial charge in [0.25, 0.3) is 0 Å². The summed E-state index contributed by atoms with van der Waals surface area (Å²) >= 11 is 0. The first-order valence-corrected chi connectivity index (χ1v) is 9.19. The molecule has 0 bridgehead atoms. The molecule has 0 amide bonds. The number of methoxy groups -OCH3 is 1. The number of piperazine rings is 1. The van der Waals surface area contributed by atoms with Gasteiger partial charge in [-0.2, -0.15) is 4.31 Å². The first kappa shape index (κ1) is 17.6. The molecule has 134 valence electrons. The predicted molar refractivity (Wildman–Crippen MR) is 90.3 cm³/mol. The summed E-state index contributed by atoms with van der Waals surface area (Å²) in [6.45, 7) is 1.46. The van der Waals surface area contributed by atoms with Crippen LogP contribution >= 0.6 is 0 Å². The van der Waals surface area contributed by atoms with Crippen molar-refractivity contribution in [2.45, 2.75) is 4.90 Å². The van der Waals surface area contributed by atoms with E-state index in [0.29, 0.717) is 19.2 Å². The summed E-state index contributed by atoms with van der Waals surface area (Å²) in [5, 5.41) is 0. The van der Waals surface area contributed by atoms with Crippen molar-refractivity contribution in [3.8, 4) is 5.75 Å². The topological polar surface area (TPSA) is 49.9 Å². The maximum atomic E-state index is 13.3. The van der Waals surface area contributed by atoms with Gasteiger partial charge in [0.15, 0.2) is 0 Å². The van der Waals surface area contributed by atoms with Gasteiger partial charge < -0.3 is 9.64 Å². The van der Waals surface area contributed by atoms with Crippen LogP contribution in [0.1, 0.15) is 0 Å². The number of anilines is 1. The molecule has 1 aliphatic heterocycles. The van der Waals surface area contributed by atoms with E-state index in [-0.39, 0.29) is 18.0 Å². The van der Waals surface area contributed by atoms with Gasteiger partial charge in [-0.1, -0.05) is 0 Å². The van der Waals surface area contributed by atoms with Crippen molar-refractivity contribution in [3.05, 3.63) is 54.1 Å². The molecule has 2 aromatic carbocycles. The summed E-state index contributed by atoms with van der Waals surface area (Å²) < 4.78 is 58.2. The molecule has 2 aromatic rings. The number of hydrogen-bond donors (Lipinski definition) is 0. The maximum absolute atomic E-state index is 13.3. The van der Waals surface area contributed by atoms with E-state index in [2.05, 4.69) is 4.90 Å². The van der Waals surface area contributed by atoms with E-state index < -0.39 is 21.7 Å². The highest BCUT2D eigenvalue weighted by Crippen LogP contribution is 2.24. The Labute approximate surface area is 145 Å². The third-order valence-electron chi connectivity index (χ3n) is 4.15. The van der Waals surface area contributed by atoms with E-state index in [9.17, 15) is 17.2 Å². The van der Waals surface area contributed by atoms with Crippen LogP contribution in [0.3, 0.4) is 0 Å². The van der Waals surface area contributed by atoms with Crippen LogP contribution in [0.25, 0.3) is 0 Å². The van der Waals surface area contributed by atoms with Crippen molar-refractivity contribution in [3.63, 3.8) is 0 Å². The number of halogens is 2. The largest absolute Gasteiger partial charge is 0.497 e. The average Bonchev–Trinajstić information content (AvgIpc) is 2.61. The molecule has 0 aromatic heterocycles. The molecule has 8 heteroatoms. The summed E-state index contributed by atoms with van der Waals surface area (Å²) in [4.78, 5) is 1.69. The molecule has 25 heavy (non-hydrogen) atoms. The van der Waals surface area contributed by atoms with Crippen molar-refractivity contribution in [1.29, 1.82) is 0 Å². The lowest BCUT2D eigenvalue weighted by molar-refractivity contribution is 0.384. The van der Waals surface area contributed by atoms with Gasteiger partial charge in [0.1, 0.15) is 17.4 Å². The van der Waals surface area contributed by atoms with Gasteiger partial charge >= 0.3 is 0 Å². The first-order chi connectivity index (χ1) is 11.9. The van der Waals surface area contributed by atoms with E-state index >= 15 is 0 Å². The van der Waals surface area contributed by atoms with Crippen molar-refractivity contribution >= 4 is 15.7 Å². The lowest BCUT2D eigenvalue weighted by atomic mass is 10.2. The van der Waals surface area contributed by atoms with E-state index in [1.54, 1.807) is 7.11 Å². The molecule has 0 spiro atoms. The third-order valence-corrected chi connectivity index (χ3v) is 6.03. The highest BCUT2D eigenvalue weighted by Gasteiger charge is 2.29. The Hall–Kier alpha value is -2.19. The van der Waals surface area contributed by atoms with Gasteiger partial charge in [0.2, 0.25) is 10.0 Å². The molecule has 0 aliphatic carbocycles. The average molecular weight is 368 g/mol. The van der Waals surface area contributed by atoms with Gasteiger partial charge in [-0.25, -0.2) is 17.2 Å². The molecule has 3 rings (SSSR count). The van der Waals surface area contributed by atoms with Crippen LogP contribution in [0, 0.1) is 11.6 Å². The maximum Gasteiger partial charge on any atom is 0.243 e. The lowest BCUT2D eigenvalue weighted by Crippen LogP contribution is -2.48. The molecule has 0 unspecified atom stereocenters. The molecular formula is C17H18F2N2O3S. The highest BCUT2D eigenvalue weighted by atomic mass is 32.2.